The SMILES string of the molecule is COc1ccc([C@@](O)(CC(=O)O)CC2=CC(=O)OC(C)(C)O2)cc1. The Morgan fingerprint density at radius 1 is 1.25 bits per heavy atom. The maximum atomic E-state index is 11.6. The zero-order chi connectivity index (χ0) is 18.0. The molecule has 7 heteroatoms. The third kappa shape index (κ3) is 4.26. The first kappa shape index (κ1) is 17.8. The number of carbonyl (C=O) groups is 2. The summed E-state index contributed by atoms with van der Waals surface area (Å²) >= 11 is 0. The zero-order valence-electron chi connectivity index (χ0n) is 13.7. The summed E-state index contributed by atoms with van der Waals surface area (Å²) in [5, 5.41) is 20.1. The Bertz CT molecular complexity index is 660. The van der Waals surface area contributed by atoms with E-state index in [1.165, 1.54) is 7.11 Å². The van der Waals surface area contributed by atoms with Crippen molar-refractivity contribution >= 4 is 11.9 Å². The maximum Gasteiger partial charge on any atom is 0.337 e. The summed E-state index contributed by atoms with van der Waals surface area (Å²) < 4.78 is 15.6. The molecule has 0 saturated heterocycles. The van der Waals surface area contributed by atoms with Crippen LogP contribution in [0.4, 0.5) is 0 Å². The number of rotatable bonds is 6. The summed E-state index contributed by atoms with van der Waals surface area (Å²) in [5.41, 5.74) is -1.36. The van der Waals surface area contributed by atoms with E-state index >= 15 is 0 Å². The topological polar surface area (TPSA) is 102 Å². The van der Waals surface area contributed by atoms with Gasteiger partial charge in [-0.1, -0.05) is 12.1 Å². The first-order valence-corrected chi connectivity index (χ1v) is 7.35. The van der Waals surface area contributed by atoms with Crippen LogP contribution in [0, 0.1) is 0 Å². The van der Waals surface area contributed by atoms with Gasteiger partial charge in [-0.3, -0.25) is 4.79 Å². The average molecular weight is 336 g/mol. The fraction of sp³-hybridized carbons (Fsp3) is 0.412. The molecule has 1 heterocycles. The first-order valence-electron chi connectivity index (χ1n) is 7.35. The second kappa shape index (κ2) is 6.52. The van der Waals surface area contributed by atoms with Crippen LogP contribution in [0.3, 0.4) is 0 Å². The molecule has 0 unspecified atom stereocenters. The summed E-state index contributed by atoms with van der Waals surface area (Å²) in [5.74, 6) is -2.21. The van der Waals surface area contributed by atoms with Gasteiger partial charge in [0.15, 0.2) is 0 Å². The number of aliphatic carboxylic acids is 1. The summed E-state index contributed by atoms with van der Waals surface area (Å²) in [4.78, 5) is 22.8. The molecule has 0 spiro atoms. The third-order valence-corrected chi connectivity index (χ3v) is 3.54. The summed E-state index contributed by atoms with van der Waals surface area (Å²) in [6.45, 7) is 3.11. The number of ether oxygens (including phenoxy) is 3. The molecule has 24 heavy (non-hydrogen) atoms. The van der Waals surface area contributed by atoms with Crippen molar-refractivity contribution in [2.24, 2.45) is 0 Å². The molecule has 1 aromatic carbocycles. The van der Waals surface area contributed by atoms with E-state index in [2.05, 4.69) is 0 Å². The second-order valence-corrected chi connectivity index (χ2v) is 6.04. The Balaban J connectivity index is 2.33. The van der Waals surface area contributed by atoms with Crippen molar-refractivity contribution in [1.82, 2.24) is 0 Å². The van der Waals surface area contributed by atoms with Crippen LogP contribution in [-0.4, -0.2) is 35.0 Å². The summed E-state index contributed by atoms with van der Waals surface area (Å²) in [6, 6.07) is 6.40. The van der Waals surface area contributed by atoms with Crippen molar-refractivity contribution in [3.63, 3.8) is 0 Å². The second-order valence-electron chi connectivity index (χ2n) is 6.04. The molecule has 0 fully saturated rings. The maximum absolute atomic E-state index is 11.6. The molecule has 0 saturated carbocycles. The van der Waals surface area contributed by atoms with E-state index in [0.717, 1.165) is 6.08 Å². The molecular weight excluding hydrogens is 316 g/mol. The Kier molecular flexibility index (Phi) is 4.84. The van der Waals surface area contributed by atoms with Crippen molar-refractivity contribution < 1.29 is 34.0 Å². The predicted octanol–water partition coefficient (Wildman–Crippen LogP) is 1.94. The minimum Gasteiger partial charge on any atom is -0.497 e. The Hall–Kier alpha value is -2.54. The number of carboxylic acid groups (broad SMARTS) is 1. The van der Waals surface area contributed by atoms with Crippen LogP contribution in [0.25, 0.3) is 0 Å². The van der Waals surface area contributed by atoms with Crippen LogP contribution in [-0.2, 0) is 24.7 Å². The number of aliphatic hydroxyl groups is 1. The molecule has 2 rings (SSSR count). The van der Waals surface area contributed by atoms with E-state index in [4.69, 9.17) is 19.3 Å². The fourth-order valence-corrected chi connectivity index (χ4v) is 2.56. The highest BCUT2D eigenvalue weighted by Gasteiger charge is 2.38. The van der Waals surface area contributed by atoms with Crippen LogP contribution in [0.5, 0.6) is 5.75 Å². The van der Waals surface area contributed by atoms with E-state index in [-0.39, 0.29) is 12.2 Å². The Morgan fingerprint density at radius 3 is 2.38 bits per heavy atom. The van der Waals surface area contributed by atoms with Gasteiger partial charge in [0.2, 0.25) is 5.79 Å². The highest BCUT2D eigenvalue weighted by molar-refractivity contribution is 5.83. The minimum absolute atomic E-state index is 0.163. The summed E-state index contributed by atoms with van der Waals surface area (Å²) in [7, 11) is 1.51. The van der Waals surface area contributed by atoms with Crippen LogP contribution in [0.15, 0.2) is 36.1 Å². The molecule has 7 nitrogen and oxygen atoms in total. The van der Waals surface area contributed by atoms with E-state index in [1.54, 1.807) is 38.1 Å². The van der Waals surface area contributed by atoms with Gasteiger partial charge in [0.05, 0.1) is 19.6 Å². The van der Waals surface area contributed by atoms with Gasteiger partial charge in [-0.15, -0.1) is 0 Å². The number of carboxylic acids is 1. The van der Waals surface area contributed by atoms with Gasteiger partial charge in [-0.2, -0.15) is 0 Å². The zero-order valence-corrected chi connectivity index (χ0v) is 13.7. The lowest BCUT2D eigenvalue weighted by Crippen LogP contribution is -2.37. The van der Waals surface area contributed by atoms with Gasteiger partial charge in [0.25, 0.3) is 0 Å². The van der Waals surface area contributed by atoms with Crippen molar-refractivity contribution in [2.45, 2.75) is 38.1 Å². The van der Waals surface area contributed by atoms with Crippen molar-refractivity contribution in [3.05, 3.63) is 41.7 Å². The van der Waals surface area contributed by atoms with Gasteiger partial charge < -0.3 is 24.4 Å². The lowest BCUT2D eigenvalue weighted by molar-refractivity contribution is -0.208. The fourth-order valence-electron chi connectivity index (χ4n) is 2.56. The van der Waals surface area contributed by atoms with Crippen molar-refractivity contribution in [3.8, 4) is 5.75 Å². The van der Waals surface area contributed by atoms with Gasteiger partial charge in [0.1, 0.15) is 17.1 Å². The van der Waals surface area contributed by atoms with Crippen LogP contribution < -0.4 is 4.74 Å². The quantitative estimate of drug-likeness (QED) is 0.765. The largest absolute Gasteiger partial charge is 0.497 e. The Morgan fingerprint density at radius 2 is 1.88 bits per heavy atom. The van der Waals surface area contributed by atoms with Gasteiger partial charge in [-0.05, 0) is 17.7 Å². The predicted molar refractivity (Wildman–Crippen MR) is 83.1 cm³/mol. The molecule has 1 aliphatic rings. The van der Waals surface area contributed by atoms with Gasteiger partial charge in [-0.25, -0.2) is 4.79 Å². The molecule has 1 aliphatic heterocycles. The molecule has 0 radical (unpaired) electrons. The molecule has 2 N–H and O–H groups in total. The molecule has 0 aliphatic carbocycles. The lowest BCUT2D eigenvalue weighted by atomic mass is 9.86. The number of esters is 1. The standard InChI is InChI=1S/C17H20O7/c1-16(2)23-13(8-15(20)24-16)9-17(21,10-14(18)19)11-4-6-12(22-3)7-5-11/h4-8,21H,9-10H2,1-3H3,(H,18,19)/t17-/m0/s1. The van der Waals surface area contributed by atoms with Crippen molar-refractivity contribution in [2.75, 3.05) is 7.11 Å². The van der Waals surface area contributed by atoms with Crippen LogP contribution >= 0.6 is 0 Å². The average Bonchev–Trinajstić information content (AvgIpc) is 2.44. The van der Waals surface area contributed by atoms with Crippen LogP contribution in [0.2, 0.25) is 0 Å². The molecule has 0 aromatic heterocycles. The normalized spacial score (nSPS) is 18.7. The highest BCUT2D eigenvalue weighted by atomic mass is 16.7. The Labute approximate surface area is 139 Å². The van der Waals surface area contributed by atoms with E-state index in [0.29, 0.717) is 11.3 Å². The number of carbonyl (C=O) groups excluding carboxylic acids is 1. The number of methoxy groups -OCH3 is 1. The molecule has 1 aromatic rings. The lowest BCUT2D eigenvalue weighted by Gasteiger charge is -2.34. The molecule has 130 valence electrons. The van der Waals surface area contributed by atoms with E-state index < -0.39 is 29.7 Å². The minimum atomic E-state index is -1.74. The molecule has 0 amide bonds. The first-order chi connectivity index (χ1) is 11.1. The monoisotopic (exact) mass is 336 g/mol. The third-order valence-electron chi connectivity index (χ3n) is 3.54. The molecule has 0 bridgehead atoms. The summed E-state index contributed by atoms with van der Waals surface area (Å²) in [6.07, 6.45) is 0.390. The highest BCUT2D eigenvalue weighted by Crippen LogP contribution is 2.36. The number of hydrogen-bond donors (Lipinski definition) is 2. The van der Waals surface area contributed by atoms with Crippen LogP contribution in [0.1, 0.15) is 32.3 Å². The van der Waals surface area contributed by atoms with Crippen molar-refractivity contribution in [1.29, 1.82) is 0 Å². The number of benzene rings is 1. The van der Waals surface area contributed by atoms with Gasteiger partial charge in [0, 0.05) is 20.3 Å². The molecule has 1 atom stereocenters. The number of hydrogen-bond acceptors (Lipinski definition) is 6. The van der Waals surface area contributed by atoms with E-state index in [9.17, 15) is 14.7 Å². The smallest absolute Gasteiger partial charge is 0.337 e. The number of cyclic esters (lactones) is 1. The molecular formula is C17H20O7. The van der Waals surface area contributed by atoms with Gasteiger partial charge >= 0.3 is 11.9 Å². The van der Waals surface area contributed by atoms with E-state index in [1.807, 2.05) is 0 Å².